The van der Waals surface area contributed by atoms with Gasteiger partial charge in [0.15, 0.2) is 5.13 Å². The zero-order valence-corrected chi connectivity index (χ0v) is 18.3. The maximum Gasteiger partial charge on any atom is 0.263 e. The second-order valence-electron chi connectivity index (χ2n) is 6.54. The van der Waals surface area contributed by atoms with Gasteiger partial charge >= 0.3 is 0 Å². The standard InChI is InChI=1S/C20H18ClN5O2S2/c1-26-19(13-17(24-26)12-14-2-4-15(21)5-3-14)23-16-6-8-18(9-7-16)30(27,28)25-20-22-10-11-29-20/h2-11,13,23H,12H2,1H3,(H,22,25). The van der Waals surface area contributed by atoms with E-state index in [-0.39, 0.29) is 4.90 Å². The predicted octanol–water partition coefficient (Wildman–Crippen LogP) is 4.67. The second-order valence-corrected chi connectivity index (χ2v) is 9.55. The first kappa shape index (κ1) is 20.4. The third-order valence-electron chi connectivity index (χ3n) is 4.32. The van der Waals surface area contributed by atoms with Crippen molar-refractivity contribution in [2.45, 2.75) is 11.3 Å². The Morgan fingerprint density at radius 1 is 1.10 bits per heavy atom. The molecule has 0 spiro atoms. The van der Waals surface area contributed by atoms with Gasteiger partial charge in [0, 0.05) is 41.8 Å². The van der Waals surface area contributed by atoms with Crippen molar-refractivity contribution >= 4 is 49.6 Å². The number of nitrogens with one attached hydrogen (secondary N) is 2. The summed E-state index contributed by atoms with van der Waals surface area (Å²) in [6.45, 7) is 0. The minimum Gasteiger partial charge on any atom is -0.340 e. The van der Waals surface area contributed by atoms with Crippen LogP contribution in [0.2, 0.25) is 5.02 Å². The van der Waals surface area contributed by atoms with Crippen molar-refractivity contribution in [2.24, 2.45) is 7.05 Å². The molecule has 2 aromatic heterocycles. The number of thiazole rings is 1. The van der Waals surface area contributed by atoms with E-state index in [9.17, 15) is 8.42 Å². The molecule has 2 N–H and O–H groups in total. The van der Waals surface area contributed by atoms with E-state index in [0.29, 0.717) is 16.6 Å². The highest BCUT2D eigenvalue weighted by Gasteiger charge is 2.15. The number of hydrogen-bond acceptors (Lipinski definition) is 6. The molecular formula is C20H18ClN5O2S2. The van der Waals surface area contributed by atoms with Gasteiger partial charge < -0.3 is 5.32 Å². The van der Waals surface area contributed by atoms with Gasteiger partial charge in [-0.1, -0.05) is 23.7 Å². The van der Waals surface area contributed by atoms with Gasteiger partial charge in [-0.3, -0.25) is 9.40 Å². The van der Waals surface area contributed by atoms with E-state index in [1.54, 1.807) is 40.5 Å². The van der Waals surface area contributed by atoms with E-state index < -0.39 is 10.0 Å². The molecule has 0 atom stereocenters. The van der Waals surface area contributed by atoms with Crippen LogP contribution in [-0.4, -0.2) is 23.2 Å². The van der Waals surface area contributed by atoms with Crippen molar-refractivity contribution < 1.29 is 8.42 Å². The van der Waals surface area contributed by atoms with Crippen molar-refractivity contribution in [1.82, 2.24) is 14.8 Å². The van der Waals surface area contributed by atoms with E-state index >= 15 is 0 Å². The first-order valence-corrected chi connectivity index (χ1v) is 11.7. The van der Waals surface area contributed by atoms with Crippen molar-refractivity contribution in [3.05, 3.63) is 82.5 Å². The molecule has 2 heterocycles. The molecule has 154 valence electrons. The van der Waals surface area contributed by atoms with Gasteiger partial charge in [-0.05, 0) is 42.0 Å². The molecule has 0 amide bonds. The van der Waals surface area contributed by atoms with Crippen LogP contribution in [0, 0.1) is 0 Å². The van der Waals surface area contributed by atoms with Crippen LogP contribution in [0.5, 0.6) is 0 Å². The highest BCUT2D eigenvalue weighted by Crippen LogP contribution is 2.23. The highest BCUT2D eigenvalue weighted by atomic mass is 35.5. The van der Waals surface area contributed by atoms with Gasteiger partial charge in [-0.15, -0.1) is 11.3 Å². The van der Waals surface area contributed by atoms with Crippen LogP contribution in [0.3, 0.4) is 0 Å². The lowest BCUT2D eigenvalue weighted by atomic mass is 10.1. The number of halogens is 1. The minimum atomic E-state index is -3.67. The molecule has 0 saturated heterocycles. The molecule has 0 radical (unpaired) electrons. The number of hydrogen-bond donors (Lipinski definition) is 2. The third-order valence-corrected chi connectivity index (χ3v) is 6.74. The second kappa shape index (κ2) is 8.47. The normalized spacial score (nSPS) is 11.4. The maximum atomic E-state index is 12.4. The van der Waals surface area contributed by atoms with Crippen LogP contribution < -0.4 is 10.0 Å². The molecule has 30 heavy (non-hydrogen) atoms. The Labute approximate surface area is 183 Å². The highest BCUT2D eigenvalue weighted by molar-refractivity contribution is 7.93. The first-order chi connectivity index (χ1) is 14.4. The topological polar surface area (TPSA) is 88.9 Å². The number of benzene rings is 2. The Hall–Kier alpha value is -2.88. The minimum absolute atomic E-state index is 0.164. The first-order valence-electron chi connectivity index (χ1n) is 8.96. The fourth-order valence-corrected chi connectivity index (χ4v) is 4.77. The summed E-state index contributed by atoms with van der Waals surface area (Å²) in [5, 5.41) is 10.5. The fourth-order valence-electron chi connectivity index (χ4n) is 2.85. The van der Waals surface area contributed by atoms with Gasteiger partial charge in [0.05, 0.1) is 10.6 Å². The zero-order valence-electron chi connectivity index (χ0n) is 15.9. The van der Waals surface area contributed by atoms with E-state index in [1.165, 1.54) is 11.3 Å². The van der Waals surface area contributed by atoms with Gasteiger partial charge in [-0.2, -0.15) is 5.10 Å². The number of aromatic nitrogens is 3. The molecule has 2 aromatic carbocycles. The Bertz CT molecular complexity index is 1240. The summed E-state index contributed by atoms with van der Waals surface area (Å²) < 4.78 is 29.1. The molecule has 0 fully saturated rings. The van der Waals surface area contributed by atoms with Crippen molar-refractivity contribution in [3.8, 4) is 0 Å². The largest absolute Gasteiger partial charge is 0.340 e. The fraction of sp³-hybridized carbons (Fsp3) is 0.100. The summed E-state index contributed by atoms with van der Waals surface area (Å²) in [7, 11) is -1.82. The number of anilines is 3. The smallest absolute Gasteiger partial charge is 0.263 e. The summed E-state index contributed by atoms with van der Waals surface area (Å²) in [6.07, 6.45) is 2.23. The molecule has 0 bridgehead atoms. The number of sulfonamides is 1. The van der Waals surface area contributed by atoms with Crippen LogP contribution in [0.4, 0.5) is 16.6 Å². The van der Waals surface area contributed by atoms with Gasteiger partial charge in [-0.25, -0.2) is 13.4 Å². The summed E-state index contributed by atoms with van der Waals surface area (Å²) in [5.41, 5.74) is 2.78. The molecule has 0 unspecified atom stereocenters. The lowest BCUT2D eigenvalue weighted by Crippen LogP contribution is -2.12. The van der Waals surface area contributed by atoms with Gasteiger partial charge in [0.2, 0.25) is 0 Å². The van der Waals surface area contributed by atoms with Crippen LogP contribution in [0.15, 0.2) is 71.1 Å². The third kappa shape index (κ3) is 4.81. The zero-order chi connectivity index (χ0) is 21.1. The SMILES string of the molecule is Cn1nc(Cc2ccc(Cl)cc2)cc1Nc1ccc(S(=O)(=O)Nc2nccs2)cc1. The molecular weight excluding hydrogens is 442 g/mol. The van der Waals surface area contributed by atoms with Gasteiger partial charge in [0.25, 0.3) is 10.0 Å². The molecule has 4 aromatic rings. The molecule has 0 saturated carbocycles. The molecule has 0 aliphatic heterocycles. The van der Waals surface area contributed by atoms with Crippen molar-refractivity contribution in [1.29, 1.82) is 0 Å². The summed E-state index contributed by atoms with van der Waals surface area (Å²) in [6, 6.07) is 16.1. The predicted molar refractivity (Wildman–Crippen MR) is 120 cm³/mol. The molecule has 0 aliphatic carbocycles. The van der Waals surface area contributed by atoms with Crippen molar-refractivity contribution in [3.63, 3.8) is 0 Å². The average Bonchev–Trinajstić information content (AvgIpc) is 3.33. The Morgan fingerprint density at radius 2 is 1.83 bits per heavy atom. The Kier molecular flexibility index (Phi) is 5.76. The average molecular weight is 460 g/mol. The maximum absolute atomic E-state index is 12.4. The van der Waals surface area contributed by atoms with E-state index in [4.69, 9.17) is 11.6 Å². The lowest BCUT2D eigenvalue weighted by molar-refractivity contribution is 0.601. The quantitative estimate of drug-likeness (QED) is 0.419. The van der Waals surface area contributed by atoms with Crippen molar-refractivity contribution in [2.75, 3.05) is 10.0 Å². The Morgan fingerprint density at radius 3 is 2.50 bits per heavy atom. The van der Waals surface area contributed by atoms with E-state index in [1.807, 2.05) is 37.4 Å². The molecule has 10 heteroatoms. The van der Waals surface area contributed by atoms with E-state index in [2.05, 4.69) is 20.1 Å². The summed E-state index contributed by atoms with van der Waals surface area (Å²) in [4.78, 5) is 4.11. The summed E-state index contributed by atoms with van der Waals surface area (Å²) >= 11 is 7.16. The number of aryl methyl sites for hydroxylation is 1. The van der Waals surface area contributed by atoms with Crippen LogP contribution in [0.25, 0.3) is 0 Å². The van der Waals surface area contributed by atoms with Crippen LogP contribution in [0.1, 0.15) is 11.3 Å². The molecule has 7 nitrogen and oxygen atoms in total. The lowest BCUT2D eigenvalue weighted by Gasteiger charge is -2.08. The summed E-state index contributed by atoms with van der Waals surface area (Å²) in [5.74, 6) is 0.801. The van der Waals surface area contributed by atoms with E-state index in [0.717, 1.165) is 22.8 Å². The van der Waals surface area contributed by atoms with Crippen LogP contribution in [-0.2, 0) is 23.5 Å². The number of nitrogens with zero attached hydrogens (tertiary/aromatic N) is 3. The molecule has 4 rings (SSSR count). The van der Waals surface area contributed by atoms with Gasteiger partial charge in [0.1, 0.15) is 5.82 Å². The Balaban J connectivity index is 1.45. The molecule has 0 aliphatic rings. The number of rotatable bonds is 7. The monoisotopic (exact) mass is 459 g/mol. The van der Waals surface area contributed by atoms with Crippen LogP contribution >= 0.6 is 22.9 Å².